The first kappa shape index (κ1) is 15.7. The number of nitrogens with zero attached hydrogens (tertiary/aromatic N) is 1. The van der Waals surface area contributed by atoms with Crippen molar-refractivity contribution < 1.29 is 14.6 Å². The molecular formula is C15H28N2O3. The molecule has 1 aliphatic carbocycles. The van der Waals surface area contributed by atoms with Crippen LogP contribution in [0.1, 0.15) is 38.5 Å². The Morgan fingerprint density at radius 2 is 2.00 bits per heavy atom. The number of aliphatic hydroxyl groups is 1. The van der Waals surface area contributed by atoms with Crippen LogP contribution in [0, 0.1) is 5.41 Å². The van der Waals surface area contributed by atoms with E-state index in [1.807, 2.05) is 7.05 Å². The van der Waals surface area contributed by atoms with E-state index in [1.54, 1.807) is 12.0 Å². The normalized spacial score (nSPS) is 29.9. The summed E-state index contributed by atoms with van der Waals surface area (Å²) < 4.78 is 5.33. The first-order valence-corrected chi connectivity index (χ1v) is 7.76. The molecule has 1 heterocycles. The van der Waals surface area contributed by atoms with E-state index >= 15 is 0 Å². The minimum absolute atomic E-state index is 0.0279. The van der Waals surface area contributed by atoms with Gasteiger partial charge in [0.25, 0.3) is 0 Å². The number of nitrogens with one attached hydrogen (secondary N) is 1. The number of carbonyl (C=O) groups is 1. The maximum absolute atomic E-state index is 13.0. The Kier molecular flexibility index (Phi) is 5.41. The summed E-state index contributed by atoms with van der Waals surface area (Å²) in [7, 11) is 3.51. The van der Waals surface area contributed by atoms with E-state index in [9.17, 15) is 9.90 Å². The Labute approximate surface area is 121 Å². The van der Waals surface area contributed by atoms with Crippen molar-refractivity contribution in [2.75, 3.05) is 33.9 Å². The van der Waals surface area contributed by atoms with Crippen LogP contribution in [0.2, 0.25) is 0 Å². The second-order valence-corrected chi connectivity index (χ2v) is 6.30. The predicted molar refractivity (Wildman–Crippen MR) is 77.4 cm³/mol. The lowest BCUT2D eigenvalue weighted by Crippen LogP contribution is -2.55. The molecule has 116 valence electrons. The van der Waals surface area contributed by atoms with Gasteiger partial charge in [0.2, 0.25) is 5.91 Å². The van der Waals surface area contributed by atoms with E-state index in [-0.39, 0.29) is 18.1 Å². The summed E-state index contributed by atoms with van der Waals surface area (Å²) in [6.07, 6.45) is 5.12. The molecule has 2 rings (SSSR count). The first-order chi connectivity index (χ1) is 9.60. The van der Waals surface area contributed by atoms with Gasteiger partial charge < -0.3 is 20.1 Å². The molecule has 1 amide bonds. The highest BCUT2D eigenvalue weighted by atomic mass is 16.5. The van der Waals surface area contributed by atoms with Crippen LogP contribution in [0.15, 0.2) is 0 Å². The molecule has 2 aliphatic rings. The van der Waals surface area contributed by atoms with Crippen LogP contribution in [0.3, 0.4) is 0 Å². The van der Waals surface area contributed by atoms with E-state index in [2.05, 4.69) is 5.32 Å². The fourth-order valence-corrected chi connectivity index (χ4v) is 3.67. The number of hydrogen-bond donors (Lipinski definition) is 2. The van der Waals surface area contributed by atoms with Crippen molar-refractivity contribution in [3.05, 3.63) is 0 Å². The van der Waals surface area contributed by atoms with Gasteiger partial charge in [0.05, 0.1) is 24.2 Å². The number of ether oxygens (including phenoxy) is 1. The summed E-state index contributed by atoms with van der Waals surface area (Å²) in [5.41, 5.74) is -0.411. The van der Waals surface area contributed by atoms with Crippen LogP contribution in [-0.4, -0.2) is 61.9 Å². The van der Waals surface area contributed by atoms with Crippen LogP contribution in [0.5, 0.6) is 0 Å². The van der Waals surface area contributed by atoms with Crippen molar-refractivity contribution in [2.45, 2.75) is 50.7 Å². The molecule has 20 heavy (non-hydrogen) atoms. The summed E-state index contributed by atoms with van der Waals surface area (Å²) in [6, 6.07) is -0.0279. The van der Waals surface area contributed by atoms with Gasteiger partial charge in [0, 0.05) is 14.2 Å². The van der Waals surface area contributed by atoms with Crippen molar-refractivity contribution >= 4 is 5.91 Å². The number of aliphatic hydroxyl groups excluding tert-OH is 1. The summed E-state index contributed by atoms with van der Waals surface area (Å²) in [4.78, 5) is 14.8. The second kappa shape index (κ2) is 6.87. The number of amides is 1. The maximum atomic E-state index is 13.0. The van der Waals surface area contributed by atoms with Gasteiger partial charge in [0.1, 0.15) is 0 Å². The van der Waals surface area contributed by atoms with E-state index in [1.165, 1.54) is 0 Å². The Hall–Kier alpha value is -0.650. The van der Waals surface area contributed by atoms with Crippen molar-refractivity contribution in [1.82, 2.24) is 10.2 Å². The SMILES string of the molecule is COCC1(C(=O)N(C)C2CCCCC2O)CCNCC1. The highest BCUT2D eigenvalue weighted by molar-refractivity contribution is 5.83. The van der Waals surface area contributed by atoms with Gasteiger partial charge in [-0.3, -0.25) is 4.79 Å². The molecule has 0 spiro atoms. The lowest BCUT2D eigenvalue weighted by Gasteiger charge is -2.43. The number of likely N-dealkylation sites (N-methyl/N-ethyl adjacent to an activating group) is 1. The molecule has 5 heteroatoms. The highest BCUT2D eigenvalue weighted by Crippen LogP contribution is 2.33. The zero-order valence-electron chi connectivity index (χ0n) is 12.7. The van der Waals surface area contributed by atoms with E-state index in [0.29, 0.717) is 6.61 Å². The first-order valence-electron chi connectivity index (χ1n) is 7.76. The van der Waals surface area contributed by atoms with Gasteiger partial charge in [0.15, 0.2) is 0 Å². The number of hydrogen-bond acceptors (Lipinski definition) is 4. The summed E-state index contributed by atoms with van der Waals surface area (Å²) in [5, 5.41) is 13.5. The summed E-state index contributed by atoms with van der Waals surface area (Å²) in [5.74, 6) is 0.145. The highest BCUT2D eigenvalue weighted by Gasteiger charge is 2.44. The lowest BCUT2D eigenvalue weighted by atomic mass is 9.77. The number of methoxy groups -OCH3 is 1. The molecule has 0 bridgehead atoms. The molecule has 0 aromatic carbocycles. The topological polar surface area (TPSA) is 61.8 Å². The van der Waals surface area contributed by atoms with Crippen molar-refractivity contribution in [3.8, 4) is 0 Å². The molecule has 1 saturated heterocycles. The Morgan fingerprint density at radius 3 is 2.60 bits per heavy atom. The summed E-state index contributed by atoms with van der Waals surface area (Å²) >= 11 is 0. The van der Waals surface area contributed by atoms with Gasteiger partial charge >= 0.3 is 0 Å². The Bertz CT molecular complexity index is 324. The van der Waals surface area contributed by atoms with Crippen LogP contribution in [-0.2, 0) is 9.53 Å². The molecule has 1 aliphatic heterocycles. The molecule has 0 aromatic heterocycles. The standard InChI is InChI=1S/C15H28N2O3/c1-17(12-5-3-4-6-13(12)18)14(19)15(11-20-2)7-9-16-10-8-15/h12-13,16,18H,3-11H2,1-2H3. The maximum Gasteiger partial charge on any atom is 0.231 e. The van der Waals surface area contributed by atoms with Gasteiger partial charge in [-0.05, 0) is 38.8 Å². The zero-order valence-corrected chi connectivity index (χ0v) is 12.7. The second-order valence-electron chi connectivity index (χ2n) is 6.30. The smallest absolute Gasteiger partial charge is 0.231 e. The van der Waals surface area contributed by atoms with Crippen molar-refractivity contribution in [2.24, 2.45) is 5.41 Å². The monoisotopic (exact) mass is 284 g/mol. The van der Waals surface area contributed by atoms with E-state index < -0.39 is 5.41 Å². The Morgan fingerprint density at radius 1 is 1.35 bits per heavy atom. The molecule has 5 nitrogen and oxygen atoms in total. The fourth-order valence-electron chi connectivity index (χ4n) is 3.67. The third-order valence-electron chi connectivity index (χ3n) is 4.95. The number of rotatable bonds is 4. The minimum atomic E-state index is -0.411. The molecule has 1 saturated carbocycles. The van der Waals surface area contributed by atoms with Crippen LogP contribution >= 0.6 is 0 Å². The lowest BCUT2D eigenvalue weighted by molar-refractivity contribution is -0.151. The molecule has 0 aromatic rings. The van der Waals surface area contributed by atoms with E-state index in [4.69, 9.17) is 4.74 Å². The average molecular weight is 284 g/mol. The van der Waals surface area contributed by atoms with Crippen LogP contribution < -0.4 is 5.32 Å². The van der Waals surface area contributed by atoms with Gasteiger partial charge in [-0.15, -0.1) is 0 Å². The third kappa shape index (κ3) is 3.15. The van der Waals surface area contributed by atoms with E-state index in [0.717, 1.165) is 51.6 Å². The Balaban J connectivity index is 2.09. The van der Waals surface area contributed by atoms with Crippen molar-refractivity contribution in [1.29, 1.82) is 0 Å². The summed E-state index contributed by atoms with van der Waals surface area (Å²) in [6.45, 7) is 2.19. The van der Waals surface area contributed by atoms with Crippen LogP contribution in [0.25, 0.3) is 0 Å². The zero-order chi connectivity index (χ0) is 14.6. The molecule has 2 fully saturated rings. The predicted octanol–water partition coefficient (Wildman–Crippen LogP) is 0.764. The largest absolute Gasteiger partial charge is 0.391 e. The molecule has 2 unspecified atom stereocenters. The number of carbonyl (C=O) groups excluding carboxylic acids is 1. The quantitative estimate of drug-likeness (QED) is 0.800. The minimum Gasteiger partial charge on any atom is -0.391 e. The third-order valence-corrected chi connectivity index (χ3v) is 4.95. The van der Waals surface area contributed by atoms with Crippen molar-refractivity contribution in [3.63, 3.8) is 0 Å². The van der Waals surface area contributed by atoms with Crippen LogP contribution in [0.4, 0.5) is 0 Å². The number of piperidine rings is 1. The molecule has 2 N–H and O–H groups in total. The molecule has 0 radical (unpaired) electrons. The molecular weight excluding hydrogens is 256 g/mol. The van der Waals surface area contributed by atoms with Gasteiger partial charge in [-0.25, -0.2) is 0 Å². The van der Waals surface area contributed by atoms with Gasteiger partial charge in [-0.2, -0.15) is 0 Å². The molecule has 2 atom stereocenters. The fraction of sp³-hybridized carbons (Fsp3) is 0.933. The average Bonchev–Trinajstić information content (AvgIpc) is 2.47. The van der Waals surface area contributed by atoms with Gasteiger partial charge in [-0.1, -0.05) is 12.8 Å².